The summed E-state index contributed by atoms with van der Waals surface area (Å²) >= 11 is 0. The zero-order valence-electron chi connectivity index (χ0n) is 27.5. The minimum absolute atomic E-state index is 0.0159. The molecule has 4 fully saturated rings. The van der Waals surface area contributed by atoms with Crippen molar-refractivity contribution < 1.29 is 18.3 Å². The summed E-state index contributed by atoms with van der Waals surface area (Å²) in [4.78, 5) is 0. The number of allylic oxidation sites excluding steroid dienone is 1. The maximum absolute atomic E-state index is 7.53. The summed E-state index contributed by atoms with van der Waals surface area (Å²) in [6.45, 7) is 30.6. The Bertz CT molecular complexity index is 969. The Morgan fingerprint density at radius 1 is 0.846 bits per heavy atom. The van der Waals surface area contributed by atoms with Crippen LogP contribution in [0.25, 0.3) is 0 Å². The zero-order chi connectivity index (χ0) is 28.9. The van der Waals surface area contributed by atoms with Crippen molar-refractivity contribution in [2.45, 2.75) is 155 Å². The summed E-state index contributed by atoms with van der Waals surface area (Å²) in [5.74, 6) is 1.43. The van der Waals surface area contributed by atoms with Gasteiger partial charge in [-0.1, -0.05) is 67.0 Å². The Labute approximate surface area is 242 Å². The molecule has 224 valence electrons. The molecule has 5 rings (SSSR count). The van der Waals surface area contributed by atoms with Gasteiger partial charge in [0.15, 0.2) is 22.4 Å². The standard InChI is InChI=1S/C33H60O4Si2/c1-29(2,3)38(9,10)36-24-15-17-31(7)23(21-24)13-14-25-26-16-18-33(34-19-20-35-33)32(26,8)22-27(28(25)31)37-39(11,12)30(4,5)6/h13,24-28H,14-22H2,1-12H3/t24-,25-,26-,27-,28+,31-,32-/m0/s1. The SMILES string of the molecule is CC(C)(C)[Si](C)(C)O[C@H]1CC[C@@]2(C)C(=CC[C@@H]3[C@@H]2[C@@H](O[Si](C)(C)C(C)(C)C)C[C@@]2(C)[C@H]3CCC23OCCO3)C1. The van der Waals surface area contributed by atoms with E-state index in [0.29, 0.717) is 23.9 Å². The van der Waals surface area contributed by atoms with Crippen molar-refractivity contribution in [3.63, 3.8) is 0 Å². The van der Waals surface area contributed by atoms with Gasteiger partial charge in [-0.2, -0.15) is 0 Å². The lowest BCUT2D eigenvalue weighted by Gasteiger charge is -2.62. The van der Waals surface area contributed by atoms with Crippen LogP contribution in [-0.2, 0) is 18.3 Å². The van der Waals surface area contributed by atoms with Crippen LogP contribution in [0.3, 0.4) is 0 Å². The molecule has 6 heteroatoms. The van der Waals surface area contributed by atoms with Crippen molar-refractivity contribution in [2.24, 2.45) is 28.6 Å². The van der Waals surface area contributed by atoms with Gasteiger partial charge in [-0.25, -0.2) is 0 Å². The minimum Gasteiger partial charge on any atom is -0.414 e. The molecule has 0 unspecified atom stereocenters. The summed E-state index contributed by atoms with van der Waals surface area (Å²) in [7, 11) is -3.77. The highest BCUT2D eigenvalue weighted by molar-refractivity contribution is 6.74. The van der Waals surface area contributed by atoms with Gasteiger partial charge in [-0.3, -0.25) is 0 Å². The first-order valence-electron chi connectivity index (χ1n) is 16.1. The second-order valence-electron chi connectivity index (χ2n) is 17.4. The van der Waals surface area contributed by atoms with Crippen molar-refractivity contribution in [3.8, 4) is 0 Å². The lowest BCUT2D eigenvalue weighted by Crippen LogP contribution is -2.62. The number of fused-ring (bicyclic) bond motifs is 6. The summed E-state index contributed by atoms with van der Waals surface area (Å²) in [6.07, 6.45) is 11.3. The molecule has 0 bridgehead atoms. The topological polar surface area (TPSA) is 36.9 Å². The summed E-state index contributed by atoms with van der Waals surface area (Å²) < 4.78 is 27.6. The lowest BCUT2D eigenvalue weighted by molar-refractivity contribution is -0.254. The van der Waals surface area contributed by atoms with Crippen LogP contribution in [0.15, 0.2) is 11.6 Å². The van der Waals surface area contributed by atoms with E-state index in [4.69, 9.17) is 18.3 Å². The third-order valence-corrected chi connectivity index (χ3v) is 22.3. The highest BCUT2D eigenvalue weighted by atomic mass is 28.4. The fourth-order valence-electron chi connectivity index (χ4n) is 8.96. The number of hydrogen-bond acceptors (Lipinski definition) is 4. The van der Waals surface area contributed by atoms with Gasteiger partial charge in [-0.05, 0) is 98.0 Å². The molecule has 39 heavy (non-hydrogen) atoms. The van der Waals surface area contributed by atoms with Crippen molar-refractivity contribution in [1.29, 1.82) is 0 Å². The van der Waals surface area contributed by atoms with E-state index < -0.39 is 22.4 Å². The van der Waals surface area contributed by atoms with Crippen molar-refractivity contribution >= 4 is 16.6 Å². The third-order valence-electron chi connectivity index (χ3n) is 13.3. The van der Waals surface area contributed by atoms with E-state index in [0.717, 1.165) is 32.5 Å². The predicted octanol–water partition coefficient (Wildman–Crippen LogP) is 9.08. The molecule has 0 aromatic rings. The quantitative estimate of drug-likeness (QED) is 0.247. The van der Waals surface area contributed by atoms with Crippen LogP contribution in [0.1, 0.15) is 100 Å². The van der Waals surface area contributed by atoms with Crippen LogP contribution in [-0.4, -0.2) is 47.8 Å². The number of ether oxygens (including phenoxy) is 2. The van der Waals surface area contributed by atoms with Crippen LogP contribution in [0.4, 0.5) is 0 Å². The molecule has 0 amide bonds. The lowest BCUT2D eigenvalue weighted by atomic mass is 9.46. The molecular weight excluding hydrogens is 517 g/mol. The molecule has 4 aliphatic carbocycles. The smallest absolute Gasteiger partial charge is 0.192 e. The van der Waals surface area contributed by atoms with E-state index in [9.17, 15) is 0 Å². The van der Waals surface area contributed by atoms with Gasteiger partial charge >= 0.3 is 0 Å². The van der Waals surface area contributed by atoms with Crippen LogP contribution in [0.2, 0.25) is 36.3 Å². The molecule has 0 aromatic heterocycles. The molecule has 0 aromatic carbocycles. The number of hydrogen-bond donors (Lipinski definition) is 0. The monoisotopic (exact) mass is 576 g/mol. The fraction of sp³-hybridized carbons (Fsp3) is 0.939. The van der Waals surface area contributed by atoms with Gasteiger partial charge in [0.1, 0.15) is 0 Å². The van der Waals surface area contributed by atoms with Crippen LogP contribution in [0.5, 0.6) is 0 Å². The molecule has 0 N–H and O–H groups in total. The highest BCUT2D eigenvalue weighted by Gasteiger charge is 2.69. The molecule has 1 aliphatic heterocycles. The second kappa shape index (κ2) is 9.51. The van der Waals surface area contributed by atoms with Gasteiger partial charge < -0.3 is 18.3 Å². The molecule has 1 saturated heterocycles. The third kappa shape index (κ3) is 4.74. The Hall–Kier alpha value is 0.0138. The predicted molar refractivity (Wildman–Crippen MR) is 166 cm³/mol. The second-order valence-corrected chi connectivity index (χ2v) is 27.0. The van der Waals surface area contributed by atoms with E-state index in [1.165, 1.54) is 25.7 Å². The maximum Gasteiger partial charge on any atom is 0.192 e. The molecule has 4 nitrogen and oxygen atoms in total. The Balaban J connectivity index is 1.49. The zero-order valence-corrected chi connectivity index (χ0v) is 29.5. The fourth-order valence-corrected chi connectivity index (χ4v) is 11.7. The Morgan fingerprint density at radius 3 is 2.03 bits per heavy atom. The summed E-state index contributed by atoms with van der Waals surface area (Å²) in [5.41, 5.74) is 1.88. The number of rotatable bonds is 4. The first-order valence-corrected chi connectivity index (χ1v) is 21.9. The van der Waals surface area contributed by atoms with Gasteiger partial charge in [0.25, 0.3) is 0 Å². The maximum atomic E-state index is 7.53. The van der Waals surface area contributed by atoms with Crippen LogP contribution < -0.4 is 0 Å². The van der Waals surface area contributed by atoms with Crippen LogP contribution >= 0.6 is 0 Å². The van der Waals surface area contributed by atoms with Gasteiger partial charge in [-0.15, -0.1) is 0 Å². The van der Waals surface area contributed by atoms with E-state index in [1.807, 2.05) is 0 Å². The summed E-state index contributed by atoms with van der Waals surface area (Å²) in [6, 6.07) is 0. The van der Waals surface area contributed by atoms with Crippen molar-refractivity contribution in [1.82, 2.24) is 0 Å². The van der Waals surface area contributed by atoms with Crippen molar-refractivity contribution in [3.05, 3.63) is 11.6 Å². The van der Waals surface area contributed by atoms with Gasteiger partial charge in [0, 0.05) is 24.0 Å². The normalized spacial score (nSPS) is 40.7. The largest absolute Gasteiger partial charge is 0.414 e. The average molecular weight is 577 g/mol. The molecular formula is C33H60O4Si2. The van der Waals surface area contributed by atoms with E-state index >= 15 is 0 Å². The molecule has 1 spiro atoms. The highest BCUT2D eigenvalue weighted by Crippen LogP contribution is 2.69. The first-order chi connectivity index (χ1) is 17.8. The molecule has 5 aliphatic rings. The average Bonchev–Trinajstić information content (AvgIpc) is 3.37. The van der Waals surface area contributed by atoms with Crippen molar-refractivity contribution in [2.75, 3.05) is 13.2 Å². The van der Waals surface area contributed by atoms with E-state index in [1.54, 1.807) is 5.57 Å². The molecule has 0 radical (unpaired) electrons. The van der Waals surface area contributed by atoms with Crippen LogP contribution in [0, 0.1) is 28.6 Å². The Kier molecular flexibility index (Phi) is 7.43. The Morgan fingerprint density at radius 2 is 1.44 bits per heavy atom. The minimum atomic E-state index is -1.97. The molecule has 1 heterocycles. The molecule has 3 saturated carbocycles. The van der Waals surface area contributed by atoms with E-state index in [2.05, 4.69) is 87.7 Å². The van der Waals surface area contributed by atoms with Gasteiger partial charge in [0.2, 0.25) is 0 Å². The summed E-state index contributed by atoms with van der Waals surface area (Å²) in [5, 5.41) is 0.440. The first kappa shape index (κ1) is 30.5. The van der Waals surface area contributed by atoms with E-state index in [-0.39, 0.29) is 27.0 Å². The molecule has 7 atom stereocenters. The van der Waals surface area contributed by atoms with Gasteiger partial charge in [0.05, 0.1) is 13.2 Å².